The van der Waals surface area contributed by atoms with Crippen molar-refractivity contribution >= 4 is 11.8 Å². The van der Waals surface area contributed by atoms with Gasteiger partial charge in [-0.2, -0.15) is 0 Å². The van der Waals surface area contributed by atoms with E-state index in [1.807, 2.05) is 4.90 Å². The first-order valence-electron chi connectivity index (χ1n) is 6.18. The number of hydrogen-bond acceptors (Lipinski definition) is 3. The Hall–Kier alpha value is -1.10. The van der Waals surface area contributed by atoms with Crippen LogP contribution in [0.4, 0.5) is 0 Å². The molecule has 17 heavy (non-hydrogen) atoms. The quantitative estimate of drug-likeness (QED) is 0.759. The lowest BCUT2D eigenvalue weighted by atomic mass is 9.97. The van der Waals surface area contributed by atoms with Crippen molar-refractivity contribution < 1.29 is 9.59 Å². The van der Waals surface area contributed by atoms with Gasteiger partial charge in [-0.05, 0) is 25.7 Å². The number of hydrogen-bond donors (Lipinski definition) is 1. The second kappa shape index (κ2) is 6.00. The molecule has 2 N–H and O–H groups in total. The van der Waals surface area contributed by atoms with Gasteiger partial charge in [0.1, 0.15) is 0 Å². The van der Waals surface area contributed by atoms with Gasteiger partial charge in [0.05, 0.1) is 6.04 Å². The lowest BCUT2D eigenvalue weighted by Gasteiger charge is -2.35. The first-order chi connectivity index (χ1) is 7.91. The maximum atomic E-state index is 11.8. The van der Waals surface area contributed by atoms with Gasteiger partial charge in [0.25, 0.3) is 0 Å². The Balaban J connectivity index is 2.49. The monoisotopic (exact) mass is 241 g/mol. The van der Waals surface area contributed by atoms with E-state index >= 15 is 0 Å². The minimum absolute atomic E-state index is 0.0141. The molecule has 1 heterocycles. The fraction of sp³-hybridized carbons (Fsp3) is 0.833. The molecule has 2 amide bonds. The standard InChI is InChI=1S/C12H23N3O2/c1-9(13)12(17)15-6-4-5-11(8-15)7-14(3)10(2)16/h9,11H,4-8,13H2,1-3H3/t9-,11+/m0/s1. The summed E-state index contributed by atoms with van der Waals surface area (Å²) in [5, 5.41) is 0. The van der Waals surface area contributed by atoms with Crippen LogP contribution in [-0.2, 0) is 9.59 Å². The van der Waals surface area contributed by atoms with Gasteiger partial charge < -0.3 is 15.5 Å². The zero-order valence-corrected chi connectivity index (χ0v) is 11.0. The summed E-state index contributed by atoms with van der Waals surface area (Å²) in [7, 11) is 1.80. The van der Waals surface area contributed by atoms with E-state index in [1.165, 1.54) is 0 Å². The Morgan fingerprint density at radius 2 is 2.18 bits per heavy atom. The SMILES string of the molecule is CC(=O)N(C)C[C@H]1CCCN(C(=O)[C@H](C)N)C1. The summed E-state index contributed by atoms with van der Waals surface area (Å²) in [5.41, 5.74) is 5.61. The summed E-state index contributed by atoms with van der Waals surface area (Å²) >= 11 is 0. The molecule has 5 nitrogen and oxygen atoms in total. The third-order valence-electron chi connectivity index (χ3n) is 3.29. The smallest absolute Gasteiger partial charge is 0.239 e. The van der Waals surface area contributed by atoms with Crippen LogP contribution >= 0.6 is 0 Å². The zero-order valence-electron chi connectivity index (χ0n) is 11.0. The Morgan fingerprint density at radius 1 is 1.53 bits per heavy atom. The van der Waals surface area contributed by atoms with Gasteiger partial charge in [-0.25, -0.2) is 0 Å². The molecule has 2 atom stereocenters. The molecule has 0 aromatic carbocycles. The molecule has 0 radical (unpaired) electrons. The summed E-state index contributed by atoms with van der Waals surface area (Å²) in [5.74, 6) is 0.459. The van der Waals surface area contributed by atoms with Crippen LogP contribution in [0.25, 0.3) is 0 Å². The van der Waals surface area contributed by atoms with Crippen LogP contribution in [0.1, 0.15) is 26.7 Å². The van der Waals surface area contributed by atoms with Crippen LogP contribution < -0.4 is 5.73 Å². The Labute approximate surface area is 103 Å². The number of rotatable bonds is 3. The van der Waals surface area contributed by atoms with Crippen molar-refractivity contribution in [3.8, 4) is 0 Å². The van der Waals surface area contributed by atoms with Crippen LogP contribution in [0, 0.1) is 5.92 Å². The molecule has 98 valence electrons. The molecular weight excluding hydrogens is 218 g/mol. The van der Waals surface area contributed by atoms with Gasteiger partial charge in [0.2, 0.25) is 11.8 Å². The number of nitrogens with two attached hydrogens (primary N) is 1. The summed E-state index contributed by atoms with van der Waals surface area (Å²) in [6, 6.07) is -0.431. The van der Waals surface area contributed by atoms with E-state index in [1.54, 1.807) is 25.8 Å². The van der Waals surface area contributed by atoms with Crippen molar-refractivity contribution in [2.24, 2.45) is 11.7 Å². The highest BCUT2D eigenvalue weighted by atomic mass is 16.2. The fourth-order valence-electron chi connectivity index (χ4n) is 2.22. The highest BCUT2D eigenvalue weighted by Crippen LogP contribution is 2.17. The first-order valence-corrected chi connectivity index (χ1v) is 6.18. The van der Waals surface area contributed by atoms with E-state index in [4.69, 9.17) is 5.73 Å². The number of amides is 2. The van der Waals surface area contributed by atoms with Crippen molar-refractivity contribution in [1.29, 1.82) is 0 Å². The number of piperidine rings is 1. The molecular formula is C12H23N3O2. The summed E-state index contributed by atoms with van der Waals surface area (Å²) in [6.45, 7) is 5.51. The van der Waals surface area contributed by atoms with Crippen LogP contribution in [0.2, 0.25) is 0 Å². The van der Waals surface area contributed by atoms with Gasteiger partial charge >= 0.3 is 0 Å². The normalized spacial score (nSPS) is 22.1. The summed E-state index contributed by atoms with van der Waals surface area (Å²) < 4.78 is 0. The number of carbonyl (C=O) groups is 2. The molecule has 1 rings (SSSR count). The molecule has 0 aromatic heterocycles. The summed E-state index contributed by atoms with van der Waals surface area (Å²) in [6.07, 6.45) is 2.06. The number of nitrogens with zero attached hydrogens (tertiary/aromatic N) is 2. The van der Waals surface area contributed by atoms with E-state index in [-0.39, 0.29) is 11.8 Å². The van der Waals surface area contributed by atoms with Crippen molar-refractivity contribution in [3.63, 3.8) is 0 Å². The second-order valence-electron chi connectivity index (χ2n) is 4.98. The lowest BCUT2D eigenvalue weighted by molar-refractivity contribution is -0.134. The predicted octanol–water partition coefficient (Wildman–Crippen LogP) is 0.0505. The summed E-state index contributed by atoms with van der Waals surface area (Å²) in [4.78, 5) is 26.5. The highest BCUT2D eigenvalue weighted by molar-refractivity contribution is 5.81. The molecule has 0 unspecified atom stereocenters. The fourth-order valence-corrected chi connectivity index (χ4v) is 2.22. The molecule has 1 aliphatic heterocycles. The Morgan fingerprint density at radius 3 is 2.71 bits per heavy atom. The van der Waals surface area contributed by atoms with E-state index in [9.17, 15) is 9.59 Å². The molecule has 0 bridgehead atoms. The third kappa shape index (κ3) is 4.00. The predicted molar refractivity (Wildman–Crippen MR) is 66.3 cm³/mol. The van der Waals surface area contributed by atoms with E-state index < -0.39 is 6.04 Å². The highest BCUT2D eigenvalue weighted by Gasteiger charge is 2.26. The van der Waals surface area contributed by atoms with Crippen molar-refractivity contribution in [2.75, 3.05) is 26.7 Å². The third-order valence-corrected chi connectivity index (χ3v) is 3.29. The van der Waals surface area contributed by atoms with Crippen LogP contribution in [-0.4, -0.2) is 54.3 Å². The van der Waals surface area contributed by atoms with Crippen LogP contribution in [0.3, 0.4) is 0 Å². The Bertz CT molecular complexity index is 291. The molecule has 0 aromatic rings. The number of carbonyl (C=O) groups excluding carboxylic acids is 2. The molecule has 0 saturated carbocycles. The zero-order chi connectivity index (χ0) is 13.0. The van der Waals surface area contributed by atoms with E-state index in [2.05, 4.69) is 0 Å². The van der Waals surface area contributed by atoms with Crippen molar-refractivity contribution in [3.05, 3.63) is 0 Å². The lowest BCUT2D eigenvalue weighted by Crippen LogP contribution is -2.48. The first kappa shape index (κ1) is 14.0. The van der Waals surface area contributed by atoms with Gasteiger partial charge in [0, 0.05) is 33.6 Å². The van der Waals surface area contributed by atoms with Crippen LogP contribution in [0.15, 0.2) is 0 Å². The van der Waals surface area contributed by atoms with Crippen LogP contribution in [0.5, 0.6) is 0 Å². The molecule has 1 fully saturated rings. The maximum Gasteiger partial charge on any atom is 0.239 e. The molecule has 1 aliphatic rings. The number of likely N-dealkylation sites (tertiary alicyclic amines) is 1. The van der Waals surface area contributed by atoms with Gasteiger partial charge in [-0.1, -0.05) is 0 Å². The molecule has 0 aliphatic carbocycles. The average molecular weight is 241 g/mol. The van der Waals surface area contributed by atoms with E-state index in [0.717, 1.165) is 32.5 Å². The average Bonchev–Trinajstić information content (AvgIpc) is 2.28. The van der Waals surface area contributed by atoms with Gasteiger partial charge in [0.15, 0.2) is 0 Å². The van der Waals surface area contributed by atoms with Crippen molar-refractivity contribution in [2.45, 2.75) is 32.7 Å². The minimum Gasteiger partial charge on any atom is -0.346 e. The molecule has 1 saturated heterocycles. The van der Waals surface area contributed by atoms with Crippen molar-refractivity contribution in [1.82, 2.24) is 9.80 Å². The maximum absolute atomic E-state index is 11.8. The largest absolute Gasteiger partial charge is 0.346 e. The minimum atomic E-state index is -0.431. The topological polar surface area (TPSA) is 66.6 Å². The molecule has 5 heteroatoms. The van der Waals surface area contributed by atoms with Gasteiger partial charge in [-0.15, -0.1) is 0 Å². The second-order valence-corrected chi connectivity index (χ2v) is 4.98. The van der Waals surface area contributed by atoms with E-state index in [0.29, 0.717) is 5.92 Å². The molecule has 0 spiro atoms. The Kier molecular flexibility index (Phi) is 4.93. The van der Waals surface area contributed by atoms with Gasteiger partial charge in [-0.3, -0.25) is 9.59 Å².